The van der Waals surface area contributed by atoms with Gasteiger partial charge in [0.15, 0.2) is 0 Å². The topological polar surface area (TPSA) is 17.1 Å². The predicted octanol–water partition coefficient (Wildman–Crippen LogP) is 6.83. The van der Waals surface area contributed by atoms with Crippen molar-refractivity contribution in [2.75, 3.05) is 0 Å². The van der Waals surface area contributed by atoms with Gasteiger partial charge in [0.2, 0.25) is 0 Å². The van der Waals surface area contributed by atoms with Crippen molar-refractivity contribution < 1.29 is 24.3 Å². The number of Topliss-reactive ketones (excluding diaryl/α,β-unsaturated/α-hetero) is 1. The van der Waals surface area contributed by atoms with Crippen LogP contribution in [0.3, 0.4) is 0 Å². The molecule has 0 aromatic rings. The van der Waals surface area contributed by atoms with Gasteiger partial charge in [0.25, 0.3) is 0 Å². The molecule has 0 radical (unpaired) electrons. The fraction of sp³-hybridized carbons (Fsp3) is 0.947. The van der Waals surface area contributed by atoms with Gasteiger partial charge in [-0.25, -0.2) is 0 Å². The summed E-state index contributed by atoms with van der Waals surface area (Å²) in [5, 5.41) is 0. The monoisotopic (exact) mass is 346 g/mol. The van der Waals surface area contributed by atoms with Crippen molar-refractivity contribution in [3.63, 3.8) is 0 Å². The first-order chi connectivity index (χ1) is 9.77. The maximum atomic E-state index is 10.8. The van der Waals surface area contributed by atoms with E-state index in [0.717, 1.165) is 12.8 Å². The van der Waals surface area contributed by atoms with Gasteiger partial charge in [-0.1, -0.05) is 96.8 Å². The average molecular weight is 348 g/mol. The van der Waals surface area contributed by atoms with E-state index in [1.54, 1.807) is 6.92 Å². The molecule has 0 saturated heterocycles. The number of unbranched alkanes of at least 4 members (excludes halogenated alkanes) is 14. The van der Waals surface area contributed by atoms with Crippen molar-refractivity contribution in [2.45, 2.75) is 117 Å². The Hall–Kier alpha value is 0.293. The minimum atomic E-state index is 0. The van der Waals surface area contributed by atoms with Crippen molar-refractivity contribution in [1.29, 1.82) is 0 Å². The molecule has 0 rings (SSSR count). The molecule has 1 nitrogen and oxygen atoms in total. The Morgan fingerprint density at radius 1 is 0.571 bits per heavy atom. The van der Waals surface area contributed by atoms with Crippen LogP contribution in [0.4, 0.5) is 0 Å². The van der Waals surface area contributed by atoms with Crippen molar-refractivity contribution >= 4 is 5.78 Å². The summed E-state index contributed by atoms with van der Waals surface area (Å²) in [6, 6.07) is 0. The molecule has 0 aliphatic heterocycles. The molecular weight excluding hydrogens is 310 g/mol. The molecule has 0 saturated carbocycles. The van der Waals surface area contributed by atoms with E-state index in [0.29, 0.717) is 5.78 Å². The Kier molecular flexibility index (Phi) is 22.8. The van der Waals surface area contributed by atoms with Crippen LogP contribution in [0.5, 0.6) is 0 Å². The van der Waals surface area contributed by atoms with Gasteiger partial charge in [0, 0.05) is 25.9 Å². The van der Waals surface area contributed by atoms with E-state index in [9.17, 15) is 4.79 Å². The first kappa shape index (κ1) is 23.6. The summed E-state index contributed by atoms with van der Waals surface area (Å²) in [7, 11) is 0. The van der Waals surface area contributed by atoms with Crippen LogP contribution in [0.15, 0.2) is 0 Å². The minimum Gasteiger partial charge on any atom is -0.300 e. The fourth-order valence-corrected chi connectivity index (χ4v) is 2.75. The van der Waals surface area contributed by atoms with Crippen LogP contribution in [-0.4, -0.2) is 5.78 Å². The second-order valence-corrected chi connectivity index (χ2v) is 6.40. The molecule has 21 heavy (non-hydrogen) atoms. The number of carbonyl (C=O) groups excluding carboxylic acids is 1. The number of hydrogen-bond donors (Lipinski definition) is 0. The Bertz CT molecular complexity index is 204. The van der Waals surface area contributed by atoms with E-state index in [-0.39, 0.29) is 19.5 Å². The molecule has 0 fully saturated rings. The second kappa shape index (κ2) is 20.3. The molecule has 0 aromatic heterocycles. The number of rotatable bonds is 16. The van der Waals surface area contributed by atoms with Crippen molar-refractivity contribution in [3.05, 3.63) is 0 Å². The molecule has 0 spiro atoms. The summed E-state index contributed by atoms with van der Waals surface area (Å²) in [6.45, 7) is 3.98. The molecule has 0 heterocycles. The Morgan fingerprint density at radius 3 is 1.14 bits per heavy atom. The van der Waals surface area contributed by atoms with Gasteiger partial charge < -0.3 is 4.79 Å². The van der Waals surface area contributed by atoms with Crippen molar-refractivity contribution in [1.82, 2.24) is 0 Å². The zero-order valence-corrected chi connectivity index (χ0v) is 17.9. The van der Waals surface area contributed by atoms with Crippen molar-refractivity contribution in [3.8, 4) is 0 Å². The molecule has 2 heteroatoms. The standard InChI is InChI=1S/C19H38O.Zn/c1-3-4-5-6-7-8-9-10-11-12-13-14-15-16-17-18-19(2)20;/h3-18H2,1-2H3;. The van der Waals surface area contributed by atoms with E-state index in [4.69, 9.17) is 0 Å². The molecular formula is C19H38OZn. The summed E-state index contributed by atoms with van der Waals surface area (Å²) in [5.41, 5.74) is 0. The molecule has 0 amide bonds. The molecule has 0 atom stereocenters. The third-order valence-corrected chi connectivity index (χ3v) is 4.13. The molecule has 0 aliphatic carbocycles. The van der Waals surface area contributed by atoms with Crippen LogP contribution in [0.2, 0.25) is 0 Å². The molecule has 0 N–H and O–H groups in total. The van der Waals surface area contributed by atoms with Gasteiger partial charge in [-0.3, -0.25) is 0 Å². The molecule has 0 unspecified atom stereocenters. The Labute approximate surface area is 146 Å². The van der Waals surface area contributed by atoms with Crippen LogP contribution in [0.25, 0.3) is 0 Å². The average Bonchev–Trinajstić information content (AvgIpc) is 2.43. The molecule has 0 bridgehead atoms. The minimum absolute atomic E-state index is 0. The fourth-order valence-electron chi connectivity index (χ4n) is 2.75. The first-order valence-electron chi connectivity index (χ1n) is 9.26. The number of ketones is 1. The Morgan fingerprint density at radius 2 is 0.857 bits per heavy atom. The SMILES string of the molecule is CCCCCCCCCCCCCCCCCC(C)=O.[Zn]. The Balaban J connectivity index is 0. The van der Waals surface area contributed by atoms with Crippen molar-refractivity contribution in [2.24, 2.45) is 0 Å². The van der Waals surface area contributed by atoms with E-state index >= 15 is 0 Å². The molecule has 0 aliphatic rings. The zero-order chi connectivity index (χ0) is 14.9. The van der Waals surface area contributed by atoms with Crippen LogP contribution >= 0.6 is 0 Å². The molecule has 122 valence electrons. The van der Waals surface area contributed by atoms with Crippen LogP contribution in [0, 0.1) is 0 Å². The second-order valence-electron chi connectivity index (χ2n) is 6.40. The van der Waals surface area contributed by atoms with Gasteiger partial charge in [0.05, 0.1) is 0 Å². The third-order valence-electron chi connectivity index (χ3n) is 4.13. The maximum Gasteiger partial charge on any atom is 0.129 e. The first-order valence-corrected chi connectivity index (χ1v) is 9.26. The van der Waals surface area contributed by atoms with E-state index in [2.05, 4.69) is 6.92 Å². The maximum absolute atomic E-state index is 10.8. The van der Waals surface area contributed by atoms with Gasteiger partial charge in [-0.2, -0.15) is 0 Å². The van der Waals surface area contributed by atoms with E-state index in [1.807, 2.05) is 0 Å². The van der Waals surface area contributed by atoms with Gasteiger partial charge >= 0.3 is 0 Å². The normalized spacial score (nSPS) is 10.4. The van der Waals surface area contributed by atoms with Crippen LogP contribution in [-0.2, 0) is 24.3 Å². The quantitative estimate of drug-likeness (QED) is 0.221. The summed E-state index contributed by atoms with van der Waals surface area (Å²) in [6.07, 6.45) is 21.6. The number of carbonyl (C=O) groups is 1. The van der Waals surface area contributed by atoms with Gasteiger partial charge in [-0.05, 0) is 13.3 Å². The van der Waals surface area contributed by atoms with Crippen LogP contribution < -0.4 is 0 Å². The van der Waals surface area contributed by atoms with Gasteiger partial charge in [-0.15, -0.1) is 0 Å². The number of hydrogen-bond acceptors (Lipinski definition) is 1. The van der Waals surface area contributed by atoms with E-state index in [1.165, 1.54) is 89.9 Å². The molecule has 0 aromatic carbocycles. The third kappa shape index (κ3) is 22.7. The smallest absolute Gasteiger partial charge is 0.129 e. The van der Waals surface area contributed by atoms with Crippen LogP contribution in [0.1, 0.15) is 117 Å². The summed E-state index contributed by atoms with van der Waals surface area (Å²) < 4.78 is 0. The van der Waals surface area contributed by atoms with Gasteiger partial charge in [0.1, 0.15) is 5.78 Å². The summed E-state index contributed by atoms with van der Waals surface area (Å²) in [4.78, 5) is 10.8. The zero-order valence-electron chi connectivity index (χ0n) is 14.9. The van der Waals surface area contributed by atoms with E-state index < -0.39 is 0 Å². The largest absolute Gasteiger partial charge is 0.300 e. The predicted molar refractivity (Wildman–Crippen MR) is 90.2 cm³/mol. The summed E-state index contributed by atoms with van der Waals surface area (Å²) >= 11 is 0. The summed E-state index contributed by atoms with van der Waals surface area (Å²) in [5.74, 6) is 0.347.